The summed E-state index contributed by atoms with van der Waals surface area (Å²) in [4.78, 5) is 12.5. The minimum atomic E-state index is -0.861. The van der Waals surface area contributed by atoms with Crippen LogP contribution < -0.4 is 5.32 Å². The van der Waals surface area contributed by atoms with Crippen LogP contribution in [0.15, 0.2) is 24.3 Å². The van der Waals surface area contributed by atoms with Crippen molar-refractivity contribution in [3.05, 3.63) is 24.3 Å². The van der Waals surface area contributed by atoms with Crippen molar-refractivity contribution in [1.29, 1.82) is 0 Å². The first-order chi connectivity index (χ1) is 36.2. The predicted octanol–water partition coefficient (Wildman–Crippen LogP) is 23.0. The van der Waals surface area contributed by atoms with Gasteiger partial charge in [0.25, 0.3) is 0 Å². The van der Waals surface area contributed by atoms with Crippen LogP contribution >= 0.6 is 0 Å². The lowest BCUT2D eigenvalue weighted by atomic mass is 10.0. The van der Waals surface area contributed by atoms with Gasteiger partial charge in [-0.1, -0.05) is 378 Å². The monoisotopic (exact) mass is 1030 g/mol. The number of rotatable bonds is 64. The third-order valence-corrected chi connectivity index (χ3v) is 16.2. The van der Waals surface area contributed by atoms with Gasteiger partial charge < -0.3 is 15.5 Å². The van der Waals surface area contributed by atoms with Crippen LogP contribution in [0.25, 0.3) is 0 Å². The molecule has 0 spiro atoms. The zero-order chi connectivity index (χ0) is 52.7. The van der Waals surface area contributed by atoms with Crippen LogP contribution in [-0.2, 0) is 4.79 Å². The third-order valence-electron chi connectivity index (χ3n) is 16.2. The zero-order valence-electron chi connectivity index (χ0n) is 50.2. The van der Waals surface area contributed by atoms with E-state index in [0.717, 1.165) is 32.1 Å². The number of hydrogen-bond acceptors (Lipinski definition) is 3. The van der Waals surface area contributed by atoms with E-state index in [0.29, 0.717) is 6.42 Å². The van der Waals surface area contributed by atoms with E-state index < -0.39 is 12.1 Å². The largest absolute Gasteiger partial charge is 0.394 e. The molecule has 0 rings (SSSR count). The molecular formula is C69H135NO3. The van der Waals surface area contributed by atoms with Crippen molar-refractivity contribution in [1.82, 2.24) is 5.32 Å². The Bertz CT molecular complexity index is 1070. The molecule has 0 radical (unpaired) electrons. The highest BCUT2D eigenvalue weighted by Gasteiger charge is 2.18. The van der Waals surface area contributed by atoms with Gasteiger partial charge in [-0.15, -0.1) is 0 Å². The molecule has 1 amide bonds. The molecule has 3 N–H and O–H groups in total. The van der Waals surface area contributed by atoms with Gasteiger partial charge in [-0.25, -0.2) is 0 Å². The van der Waals surface area contributed by atoms with E-state index in [1.165, 1.54) is 340 Å². The molecule has 0 bridgehead atoms. The fraction of sp³-hybridized carbons (Fsp3) is 0.928. The summed E-state index contributed by atoms with van der Waals surface area (Å²) in [7, 11) is 0. The normalized spacial score (nSPS) is 12.8. The van der Waals surface area contributed by atoms with Gasteiger partial charge in [0, 0.05) is 6.42 Å². The number of aliphatic hydroxyl groups is 2. The van der Waals surface area contributed by atoms with Gasteiger partial charge in [0.15, 0.2) is 0 Å². The van der Waals surface area contributed by atoms with Crippen LogP contribution in [-0.4, -0.2) is 34.9 Å². The van der Waals surface area contributed by atoms with Gasteiger partial charge in [0.2, 0.25) is 5.91 Å². The number of aliphatic hydroxyl groups excluding tert-OH is 2. The number of hydrogen-bond donors (Lipinski definition) is 3. The van der Waals surface area contributed by atoms with Crippen molar-refractivity contribution in [2.45, 2.75) is 405 Å². The molecule has 2 unspecified atom stereocenters. The number of nitrogens with one attached hydrogen (secondary N) is 1. The molecule has 0 saturated heterocycles. The SMILES string of the molecule is CCCCCCCCCCCCCCCCCCCCCCCCCCCC/C=C/CC/C=C/C(O)C(CO)NC(=O)CCCCCCCCCCCCCCCCCCCCCCCCCCCCCCC. The molecule has 4 heteroatoms. The fourth-order valence-electron chi connectivity index (χ4n) is 11.0. The molecule has 434 valence electrons. The smallest absolute Gasteiger partial charge is 0.220 e. The molecule has 0 aromatic rings. The fourth-order valence-corrected chi connectivity index (χ4v) is 11.0. The van der Waals surface area contributed by atoms with Gasteiger partial charge in [0.05, 0.1) is 18.8 Å². The number of amides is 1. The lowest BCUT2D eigenvalue weighted by Gasteiger charge is -2.19. The van der Waals surface area contributed by atoms with Crippen molar-refractivity contribution in [3.8, 4) is 0 Å². The van der Waals surface area contributed by atoms with Crippen molar-refractivity contribution in [2.24, 2.45) is 0 Å². The molecule has 0 aliphatic rings. The maximum atomic E-state index is 12.5. The van der Waals surface area contributed by atoms with Crippen LogP contribution in [0.1, 0.15) is 393 Å². The molecule has 0 aromatic heterocycles. The first kappa shape index (κ1) is 71.9. The standard InChI is InChI=1S/C69H135NO3/c1-3-5-7-9-11-13-15-17-19-21-23-25-27-29-31-33-34-35-37-38-40-42-44-46-48-50-52-54-56-58-60-62-64-68(72)67(66-71)70-69(73)65-63-61-59-57-55-53-51-49-47-45-43-41-39-36-32-30-28-26-24-22-20-18-16-14-12-10-8-6-4-2/h54,56,62,64,67-68,71-72H,3-53,55,57-61,63,65-66H2,1-2H3,(H,70,73)/b56-54+,64-62+. The summed E-state index contributed by atoms with van der Waals surface area (Å²) in [5.41, 5.74) is 0. The van der Waals surface area contributed by atoms with Gasteiger partial charge in [-0.2, -0.15) is 0 Å². The van der Waals surface area contributed by atoms with Crippen LogP contribution in [0.4, 0.5) is 0 Å². The van der Waals surface area contributed by atoms with Gasteiger partial charge in [-0.05, 0) is 32.1 Å². The molecule has 0 aliphatic heterocycles. The quantitative estimate of drug-likeness (QED) is 0.0420. The summed E-state index contributed by atoms with van der Waals surface area (Å²) in [5.74, 6) is -0.0644. The Labute approximate surface area is 459 Å². The Morgan fingerprint density at radius 3 is 0.795 bits per heavy atom. The molecule has 73 heavy (non-hydrogen) atoms. The van der Waals surface area contributed by atoms with E-state index in [1.807, 2.05) is 6.08 Å². The summed E-state index contributed by atoms with van der Waals surface area (Å²) < 4.78 is 0. The minimum absolute atomic E-state index is 0.0644. The van der Waals surface area contributed by atoms with Gasteiger partial charge in [0.1, 0.15) is 0 Å². The highest BCUT2D eigenvalue weighted by atomic mass is 16.3. The first-order valence-electron chi connectivity index (χ1n) is 34.1. The molecule has 0 fully saturated rings. The van der Waals surface area contributed by atoms with Gasteiger partial charge >= 0.3 is 0 Å². The van der Waals surface area contributed by atoms with E-state index in [1.54, 1.807) is 6.08 Å². The molecule has 2 atom stereocenters. The van der Waals surface area contributed by atoms with Crippen LogP contribution in [0.2, 0.25) is 0 Å². The summed E-state index contributed by atoms with van der Waals surface area (Å²) >= 11 is 0. The number of unbranched alkanes of at least 4 members (excludes halogenated alkanes) is 55. The Morgan fingerprint density at radius 1 is 0.315 bits per heavy atom. The van der Waals surface area contributed by atoms with Crippen LogP contribution in [0, 0.1) is 0 Å². The van der Waals surface area contributed by atoms with E-state index in [-0.39, 0.29) is 12.5 Å². The third kappa shape index (κ3) is 61.6. The molecule has 0 aromatic carbocycles. The average molecular weight is 1030 g/mol. The van der Waals surface area contributed by atoms with Crippen LogP contribution in [0.3, 0.4) is 0 Å². The van der Waals surface area contributed by atoms with Crippen LogP contribution in [0.5, 0.6) is 0 Å². The lowest BCUT2D eigenvalue weighted by Crippen LogP contribution is -2.45. The first-order valence-corrected chi connectivity index (χ1v) is 34.1. The number of allylic oxidation sites excluding steroid dienone is 3. The Morgan fingerprint density at radius 2 is 0.534 bits per heavy atom. The molecule has 0 aliphatic carbocycles. The average Bonchev–Trinajstić information content (AvgIpc) is 3.40. The number of carbonyl (C=O) groups excluding carboxylic acids is 1. The summed E-state index contributed by atoms with van der Waals surface area (Å²) in [6, 6.07) is -0.638. The van der Waals surface area contributed by atoms with E-state index >= 15 is 0 Å². The predicted molar refractivity (Wildman–Crippen MR) is 327 cm³/mol. The molecule has 0 saturated carbocycles. The lowest BCUT2D eigenvalue weighted by molar-refractivity contribution is -0.123. The van der Waals surface area contributed by atoms with Crippen molar-refractivity contribution >= 4 is 5.91 Å². The molecule has 4 nitrogen and oxygen atoms in total. The highest BCUT2D eigenvalue weighted by Crippen LogP contribution is 2.19. The van der Waals surface area contributed by atoms with E-state index in [9.17, 15) is 15.0 Å². The number of carbonyl (C=O) groups is 1. The topological polar surface area (TPSA) is 69.6 Å². The second kappa shape index (κ2) is 65.2. The Kier molecular flexibility index (Phi) is 64.1. The second-order valence-electron chi connectivity index (χ2n) is 23.6. The minimum Gasteiger partial charge on any atom is -0.394 e. The summed E-state index contributed by atoms with van der Waals surface area (Å²) in [6.45, 7) is 4.35. The summed E-state index contributed by atoms with van der Waals surface area (Å²) in [5, 5.41) is 23.3. The van der Waals surface area contributed by atoms with Crippen molar-refractivity contribution in [3.63, 3.8) is 0 Å². The Hall–Kier alpha value is -1.13. The molecular weight excluding hydrogens is 891 g/mol. The van der Waals surface area contributed by atoms with E-state index in [2.05, 4.69) is 31.3 Å². The van der Waals surface area contributed by atoms with Gasteiger partial charge in [-0.3, -0.25) is 4.79 Å². The van der Waals surface area contributed by atoms with Crippen molar-refractivity contribution in [2.75, 3.05) is 6.61 Å². The zero-order valence-corrected chi connectivity index (χ0v) is 50.2. The Balaban J connectivity index is 3.44. The maximum Gasteiger partial charge on any atom is 0.220 e. The van der Waals surface area contributed by atoms with E-state index in [4.69, 9.17) is 0 Å². The summed E-state index contributed by atoms with van der Waals surface area (Å²) in [6.07, 6.45) is 88.4. The second-order valence-corrected chi connectivity index (χ2v) is 23.6. The van der Waals surface area contributed by atoms with Crippen molar-refractivity contribution < 1.29 is 15.0 Å². The highest BCUT2D eigenvalue weighted by molar-refractivity contribution is 5.76. The molecule has 0 heterocycles. The maximum absolute atomic E-state index is 12.5.